The van der Waals surface area contributed by atoms with Gasteiger partial charge in [0.1, 0.15) is 30.1 Å². The number of rotatable bonds is 11. The number of hydrogen-bond acceptors (Lipinski definition) is 7. The Morgan fingerprint density at radius 2 is 1.84 bits per heavy atom. The van der Waals surface area contributed by atoms with Crippen LogP contribution in [0.15, 0.2) is 79.0 Å². The van der Waals surface area contributed by atoms with Crippen molar-refractivity contribution in [3.05, 3.63) is 112 Å². The first-order valence-corrected chi connectivity index (χ1v) is 14.9. The molecule has 2 heterocycles. The lowest BCUT2D eigenvalue weighted by atomic mass is 9.88. The molecule has 0 aliphatic carbocycles. The van der Waals surface area contributed by atoms with Gasteiger partial charge in [-0.2, -0.15) is 0 Å². The van der Waals surface area contributed by atoms with Gasteiger partial charge in [0.25, 0.3) is 0 Å². The summed E-state index contributed by atoms with van der Waals surface area (Å²) >= 11 is 6.15. The molecule has 0 saturated heterocycles. The van der Waals surface area contributed by atoms with Crippen molar-refractivity contribution in [1.82, 2.24) is 10.3 Å². The minimum Gasteiger partial charge on any atom is -0.489 e. The van der Waals surface area contributed by atoms with Gasteiger partial charge in [-0.25, -0.2) is 13.8 Å². The zero-order valence-corrected chi connectivity index (χ0v) is 25.3. The molecule has 5 rings (SSSR count). The summed E-state index contributed by atoms with van der Waals surface area (Å²) in [6.07, 6.45) is -0.419. The van der Waals surface area contributed by atoms with Crippen molar-refractivity contribution in [2.75, 3.05) is 13.7 Å². The van der Waals surface area contributed by atoms with E-state index in [1.54, 1.807) is 37.6 Å². The number of carbonyl (C=O) groups excluding carboxylic acids is 1. The van der Waals surface area contributed by atoms with Crippen LogP contribution in [-0.4, -0.2) is 53.1 Å². The number of aromatic nitrogens is 1. The second-order valence-corrected chi connectivity index (χ2v) is 11.5. The Hall–Kier alpha value is -4.09. The molecule has 1 aromatic heterocycles. The number of nitrogens with one attached hydrogen (secondary N) is 1. The molecule has 8 nitrogen and oxygen atoms in total. The molecule has 1 aliphatic rings. The molecule has 1 aliphatic heterocycles. The molecule has 236 valence electrons. The number of amides is 1. The number of carbonyl (C=O) groups is 1. The number of fused-ring (bicyclic) bond motifs is 1. The van der Waals surface area contributed by atoms with Crippen LogP contribution in [0.5, 0.6) is 11.6 Å². The van der Waals surface area contributed by atoms with Crippen LogP contribution in [0.1, 0.15) is 29.2 Å². The van der Waals surface area contributed by atoms with E-state index in [1.165, 1.54) is 6.07 Å². The van der Waals surface area contributed by atoms with Crippen LogP contribution >= 0.6 is 11.6 Å². The molecule has 0 bridgehead atoms. The van der Waals surface area contributed by atoms with Gasteiger partial charge in [-0.1, -0.05) is 54.1 Å². The Kier molecular flexibility index (Phi) is 10.3. The first-order chi connectivity index (χ1) is 21.6. The van der Waals surface area contributed by atoms with E-state index in [4.69, 9.17) is 26.8 Å². The molecule has 11 heteroatoms. The average Bonchev–Trinajstić information content (AvgIpc) is 3.03. The van der Waals surface area contributed by atoms with Crippen molar-refractivity contribution >= 4 is 17.5 Å². The van der Waals surface area contributed by atoms with Crippen LogP contribution in [0.3, 0.4) is 0 Å². The number of aliphatic hydroxyl groups is 2. The quantitative estimate of drug-likeness (QED) is 0.186. The largest absolute Gasteiger partial charge is 0.489 e. The van der Waals surface area contributed by atoms with E-state index >= 15 is 0 Å². The zero-order chi connectivity index (χ0) is 32.1. The topological polar surface area (TPSA) is 127 Å². The summed E-state index contributed by atoms with van der Waals surface area (Å²) in [6.45, 7) is -0.178. The maximum absolute atomic E-state index is 14.7. The molecule has 0 spiro atoms. The number of hydrogen-bond donors (Lipinski definition) is 4. The molecule has 5 atom stereocenters. The predicted octanol–water partition coefficient (Wildman–Crippen LogP) is 4.78. The normalized spacial score (nSPS) is 17.8. The van der Waals surface area contributed by atoms with Crippen LogP contribution in [0.2, 0.25) is 5.02 Å². The Morgan fingerprint density at radius 3 is 2.53 bits per heavy atom. The van der Waals surface area contributed by atoms with Gasteiger partial charge >= 0.3 is 0 Å². The van der Waals surface area contributed by atoms with Crippen molar-refractivity contribution in [3.63, 3.8) is 0 Å². The molecule has 45 heavy (non-hydrogen) atoms. The van der Waals surface area contributed by atoms with Gasteiger partial charge in [-0.05, 0) is 60.2 Å². The molecule has 3 aromatic carbocycles. The molecule has 0 radical (unpaired) electrons. The second kappa shape index (κ2) is 14.3. The highest BCUT2D eigenvalue weighted by Gasteiger charge is 2.35. The number of benzene rings is 3. The second-order valence-electron chi connectivity index (χ2n) is 11.1. The minimum atomic E-state index is -1.20. The van der Waals surface area contributed by atoms with Gasteiger partial charge < -0.3 is 30.7 Å². The maximum Gasteiger partial charge on any atom is 0.224 e. The summed E-state index contributed by atoms with van der Waals surface area (Å²) < 4.78 is 39.5. The van der Waals surface area contributed by atoms with Gasteiger partial charge in [0.05, 0.1) is 24.3 Å². The summed E-state index contributed by atoms with van der Waals surface area (Å²) in [5.41, 5.74) is 9.61. The first kappa shape index (κ1) is 32.3. The van der Waals surface area contributed by atoms with E-state index in [1.807, 2.05) is 30.3 Å². The molecule has 1 amide bonds. The van der Waals surface area contributed by atoms with E-state index in [0.29, 0.717) is 12.3 Å². The number of pyridine rings is 1. The van der Waals surface area contributed by atoms with Gasteiger partial charge in [-0.15, -0.1) is 0 Å². The maximum atomic E-state index is 14.7. The molecular weight excluding hydrogens is 604 g/mol. The highest BCUT2D eigenvalue weighted by Crippen LogP contribution is 2.39. The smallest absolute Gasteiger partial charge is 0.224 e. The summed E-state index contributed by atoms with van der Waals surface area (Å²) in [6, 6.07) is 17.9. The van der Waals surface area contributed by atoms with Gasteiger partial charge in [0, 0.05) is 35.3 Å². The SMILES string of the molecule is COc1ccc(-c2ccc(C[C@H](N)[C@@H](O)C[C@@H](Cc3ccccc3F)C(=O)N[C@H]3c4cc(F)cc(Cl)c4OC[C@H]3O)cc2)cn1. The van der Waals surface area contributed by atoms with E-state index in [9.17, 15) is 23.8 Å². The molecular formula is C34H34ClF2N3O5. The highest BCUT2D eigenvalue weighted by atomic mass is 35.5. The number of nitrogens with two attached hydrogens (primary N) is 1. The summed E-state index contributed by atoms with van der Waals surface area (Å²) in [5, 5.41) is 24.6. The number of methoxy groups -OCH3 is 1. The standard InChI is InChI=1S/C34H34ClF2N3O5/c1-44-31-11-10-22(17-39-31)20-8-6-19(7-9-20)12-28(38)29(41)14-23(13-21-4-2-3-5-27(21)37)34(43)40-32-25-15-24(36)16-26(35)33(25)45-18-30(32)42/h2-11,15-17,23,28-30,32,41-42H,12-14,18,38H2,1H3,(H,40,43)/t23-,28+,29+,30-,32+/m1/s1. The van der Waals surface area contributed by atoms with Crippen LogP contribution in [-0.2, 0) is 17.6 Å². The first-order valence-electron chi connectivity index (χ1n) is 14.5. The Labute approximate surface area is 264 Å². The van der Waals surface area contributed by atoms with Gasteiger partial charge in [0.2, 0.25) is 11.8 Å². The summed E-state index contributed by atoms with van der Waals surface area (Å²) in [7, 11) is 1.55. The van der Waals surface area contributed by atoms with E-state index in [0.717, 1.165) is 28.8 Å². The fourth-order valence-electron chi connectivity index (χ4n) is 5.47. The third-order valence-corrected chi connectivity index (χ3v) is 8.25. The molecule has 0 fully saturated rings. The van der Waals surface area contributed by atoms with E-state index in [-0.39, 0.29) is 41.3 Å². The Morgan fingerprint density at radius 1 is 1.11 bits per heavy atom. The lowest BCUT2D eigenvalue weighted by Crippen LogP contribution is -2.46. The lowest BCUT2D eigenvalue weighted by Gasteiger charge is -2.33. The highest BCUT2D eigenvalue weighted by molar-refractivity contribution is 6.32. The van der Waals surface area contributed by atoms with Crippen molar-refractivity contribution in [2.24, 2.45) is 11.7 Å². The van der Waals surface area contributed by atoms with Crippen molar-refractivity contribution in [1.29, 1.82) is 0 Å². The van der Waals surface area contributed by atoms with Crippen molar-refractivity contribution in [3.8, 4) is 22.8 Å². The molecule has 4 aromatic rings. The fraction of sp³-hybridized carbons (Fsp3) is 0.294. The zero-order valence-electron chi connectivity index (χ0n) is 24.5. The van der Waals surface area contributed by atoms with E-state index in [2.05, 4.69) is 10.3 Å². The number of nitrogens with zero attached hydrogens (tertiary/aromatic N) is 1. The minimum absolute atomic E-state index is 0.00847. The summed E-state index contributed by atoms with van der Waals surface area (Å²) in [5.74, 6) is -1.98. The molecule has 0 unspecified atom stereocenters. The summed E-state index contributed by atoms with van der Waals surface area (Å²) in [4.78, 5) is 17.9. The molecule has 0 saturated carbocycles. The van der Waals surface area contributed by atoms with Gasteiger partial charge in [0.15, 0.2) is 0 Å². The fourth-order valence-corrected chi connectivity index (χ4v) is 5.74. The number of halogens is 3. The number of aliphatic hydroxyl groups excluding tert-OH is 2. The monoisotopic (exact) mass is 637 g/mol. The van der Waals surface area contributed by atoms with Crippen LogP contribution in [0.25, 0.3) is 11.1 Å². The number of ether oxygens (including phenoxy) is 2. The molecule has 5 N–H and O–H groups in total. The Bertz CT molecular complexity index is 1620. The third kappa shape index (κ3) is 7.77. The van der Waals surface area contributed by atoms with Gasteiger partial charge in [-0.3, -0.25) is 4.79 Å². The van der Waals surface area contributed by atoms with Crippen LogP contribution in [0, 0.1) is 17.6 Å². The van der Waals surface area contributed by atoms with Crippen LogP contribution < -0.4 is 20.5 Å². The van der Waals surface area contributed by atoms with E-state index < -0.39 is 47.8 Å². The Balaban J connectivity index is 1.30. The van der Waals surface area contributed by atoms with Crippen molar-refractivity contribution < 1.29 is 33.3 Å². The average molecular weight is 638 g/mol. The lowest BCUT2D eigenvalue weighted by molar-refractivity contribution is -0.128. The third-order valence-electron chi connectivity index (χ3n) is 7.97. The van der Waals surface area contributed by atoms with Crippen molar-refractivity contribution in [2.45, 2.75) is 43.6 Å². The van der Waals surface area contributed by atoms with Crippen LogP contribution in [0.4, 0.5) is 8.78 Å². The predicted molar refractivity (Wildman–Crippen MR) is 166 cm³/mol.